The van der Waals surface area contributed by atoms with Crippen molar-refractivity contribution in [3.05, 3.63) is 29.8 Å². The number of methoxy groups -OCH3 is 2. The highest BCUT2D eigenvalue weighted by Crippen LogP contribution is 2.44. The number of carbonyl (C=O) groups excluding carboxylic acids is 4. The fraction of sp³-hybridized carbons (Fsp3) is 0.630. The Balaban J connectivity index is 1.88. The van der Waals surface area contributed by atoms with E-state index in [1.165, 1.54) is 12.0 Å². The normalized spacial score (nSPS) is 22.7. The van der Waals surface area contributed by atoms with Crippen LogP contribution in [-0.4, -0.2) is 73.8 Å². The molecule has 0 saturated carbocycles. The first-order valence-corrected chi connectivity index (χ1v) is 12.5. The molecule has 8 heteroatoms. The first-order chi connectivity index (χ1) is 16.7. The Bertz CT molecular complexity index is 945. The topological polar surface area (TPSA) is 93.2 Å². The maximum Gasteiger partial charge on any atom is 0.241 e. The fourth-order valence-corrected chi connectivity index (χ4v) is 5.28. The smallest absolute Gasteiger partial charge is 0.241 e. The molecule has 0 aliphatic carbocycles. The molecule has 2 aliphatic heterocycles. The molecule has 0 radical (unpaired) electrons. The molecule has 0 bridgehead atoms. The molecule has 3 amide bonds. The number of nitrogens with zero attached hydrogens (tertiary/aromatic N) is 2. The minimum Gasteiger partial charge on any atom is -0.496 e. The van der Waals surface area contributed by atoms with E-state index >= 15 is 0 Å². The predicted octanol–water partition coefficient (Wildman–Crippen LogP) is 2.97. The van der Waals surface area contributed by atoms with E-state index in [2.05, 4.69) is 0 Å². The van der Waals surface area contributed by atoms with Crippen molar-refractivity contribution in [1.82, 2.24) is 9.80 Å². The van der Waals surface area contributed by atoms with Gasteiger partial charge in [-0.3, -0.25) is 24.1 Å². The number of ether oxygens (including phenoxy) is 2. The lowest BCUT2D eigenvalue weighted by molar-refractivity contribution is -0.144. The summed E-state index contributed by atoms with van der Waals surface area (Å²) in [5, 5.41) is 0. The molecule has 8 nitrogen and oxygen atoms in total. The van der Waals surface area contributed by atoms with Crippen LogP contribution < -0.4 is 4.74 Å². The molecule has 192 valence electrons. The maximum atomic E-state index is 13.8. The van der Waals surface area contributed by atoms with Crippen LogP contribution in [0, 0.1) is 11.8 Å². The van der Waals surface area contributed by atoms with E-state index in [1.807, 2.05) is 13.8 Å². The highest BCUT2D eigenvalue weighted by Gasteiger charge is 2.55. The van der Waals surface area contributed by atoms with Gasteiger partial charge in [0.05, 0.1) is 12.5 Å². The standard InChI is InChI=1S/C27H38N2O6/c1-19(2)15-22(30)20-9-7-12-28(18-20)24(31)16-27(21-10-5-6-11-23(21)35-4)17-25(32)29(26(27)33)13-8-14-34-3/h5-6,10-11,19-20H,7-9,12-18H2,1-4H3/t20-,27-/m1/s1. The molecule has 3 rings (SSSR count). The number of hydrogen-bond acceptors (Lipinski definition) is 6. The first kappa shape index (κ1) is 26.9. The molecule has 0 N–H and O–H groups in total. The summed E-state index contributed by atoms with van der Waals surface area (Å²) in [7, 11) is 3.09. The van der Waals surface area contributed by atoms with Crippen LogP contribution in [0.25, 0.3) is 0 Å². The van der Waals surface area contributed by atoms with Crippen molar-refractivity contribution >= 4 is 23.5 Å². The summed E-state index contributed by atoms with van der Waals surface area (Å²) in [4.78, 5) is 56.1. The number of likely N-dealkylation sites (tertiary alicyclic amines) is 2. The number of para-hydroxylation sites is 1. The van der Waals surface area contributed by atoms with Gasteiger partial charge in [-0.15, -0.1) is 0 Å². The van der Waals surface area contributed by atoms with Crippen molar-refractivity contribution in [1.29, 1.82) is 0 Å². The second-order valence-electron chi connectivity index (χ2n) is 10.1. The molecule has 1 aromatic carbocycles. The van der Waals surface area contributed by atoms with Crippen molar-refractivity contribution in [2.75, 3.05) is 40.5 Å². The first-order valence-electron chi connectivity index (χ1n) is 12.5. The zero-order valence-electron chi connectivity index (χ0n) is 21.4. The van der Waals surface area contributed by atoms with Gasteiger partial charge >= 0.3 is 0 Å². The second-order valence-corrected chi connectivity index (χ2v) is 10.1. The number of imide groups is 1. The average molecular weight is 487 g/mol. The third-order valence-electron chi connectivity index (χ3n) is 7.05. The molecule has 2 aliphatic rings. The van der Waals surface area contributed by atoms with Crippen LogP contribution >= 0.6 is 0 Å². The van der Waals surface area contributed by atoms with Gasteiger partial charge in [0.1, 0.15) is 11.5 Å². The van der Waals surface area contributed by atoms with Gasteiger partial charge in [-0.05, 0) is 31.2 Å². The molecule has 1 aromatic rings. The number of piperidine rings is 1. The molecule has 35 heavy (non-hydrogen) atoms. The third-order valence-corrected chi connectivity index (χ3v) is 7.05. The van der Waals surface area contributed by atoms with E-state index in [-0.39, 0.29) is 54.7 Å². The summed E-state index contributed by atoms with van der Waals surface area (Å²) < 4.78 is 10.6. The van der Waals surface area contributed by atoms with Gasteiger partial charge < -0.3 is 14.4 Å². The summed E-state index contributed by atoms with van der Waals surface area (Å²) in [5.74, 6) is -0.123. The Kier molecular flexibility index (Phi) is 9.05. The number of carbonyl (C=O) groups is 4. The zero-order chi connectivity index (χ0) is 25.6. The second kappa shape index (κ2) is 11.8. The molecular formula is C27H38N2O6. The molecular weight excluding hydrogens is 448 g/mol. The maximum absolute atomic E-state index is 13.8. The Labute approximate surface area is 207 Å². The van der Waals surface area contributed by atoms with E-state index in [0.717, 1.165) is 12.8 Å². The lowest BCUT2D eigenvalue weighted by Crippen LogP contribution is -2.47. The van der Waals surface area contributed by atoms with Gasteiger partial charge in [0.25, 0.3) is 0 Å². The summed E-state index contributed by atoms with van der Waals surface area (Å²) in [6.07, 6.45) is 2.32. The van der Waals surface area contributed by atoms with Crippen LogP contribution in [-0.2, 0) is 29.3 Å². The number of hydrogen-bond donors (Lipinski definition) is 0. The summed E-state index contributed by atoms with van der Waals surface area (Å²) in [6.45, 7) is 5.62. The highest BCUT2D eigenvalue weighted by molar-refractivity contribution is 6.11. The predicted molar refractivity (Wildman–Crippen MR) is 131 cm³/mol. The fourth-order valence-electron chi connectivity index (χ4n) is 5.28. The van der Waals surface area contributed by atoms with E-state index in [4.69, 9.17) is 9.47 Å². The van der Waals surface area contributed by atoms with Crippen molar-refractivity contribution in [3.63, 3.8) is 0 Å². The summed E-state index contributed by atoms with van der Waals surface area (Å²) in [5.41, 5.74) is -0.782. The molecule has 0 aromatic heterocycles. The number of Topliss-reactive ketones (excluding diaryl/α,β-unsaturated/α-hetero) is 1. The number of rotatable bonds is 11. The average Bonchev–Trinajstić information content (AvgIpc) is 3.08. The molecule has 0 spiro atoms. The highest BCUT2D eigenvalue weighted by atomic mass is 16.5. The van der Waals surface area contributed by atoms with Crippen molar-refractivity contribution < 1.29 is 28.7 Å². The Morgan fingerprint density at radius 3 is 2.60 bits per heavy atom. The lowest BCUT2D eigenvalue weighted by atomic mass is 9.75. The van der Waals surface area contributed by atoms with Gasteiger partial charge in [-0.2, -0.15) is 0 Å². The lowest BCUT2D eigenvalue weighted by Gasteiger charge is -2.35. The van der Waals surface area contributed by atoms with Gasteiger partial charge in [-0.1, -0.05) is 32.0 Å². The molecule has 2 heterocycles. The molecule has 0 unspecified atom stereocenters. The SMILES string of the molecule is COCCCN1C(=O)C[C@](CC(=O)N2CCC[C@@H](C(=O)CC(C)C)C2)(c2ccccc2OC)C1=O. The number of amides is 3. The zero-order valence-corrected chi connectivity index (χ0v) is 21.4. The van der Waals surface area contributed by atoms with Crippen LogP contribution in [0.3, 0.4) is 0 Å². The van der Waals surface area contributed by atoms with Gasteiger partial charge in [0.2, 0.25) is 17.7 Å². The number of benzene rings is 1. The summed E-state index contributed by atoms with van der Waals surface area (Å²) >= 11 is 0. The van der Waals surface area contributed by atoms with Gasteiger partial charge in [-0.25, -0.2) is 0 Å². The molecule has 2 saturated heterocycles. The molecule has 2 atom stereocenters. The summed E-state index contributed by atoms with van der Waals surface area (Å²) in [6, 6.07) is 7.09. The van der Waals surface area contributed by atoms with Gasteiger partial charge in [0.15, 0.2) is 0 Å². The largest absolute Gasteiger partial charge is 0.496 e. The van der Waals surface area contributed by atoms with Gasteiger partial charge in [0, 0.05) is 64.1 Å². The van der Waals surface area contributed by atoms with Crippen LogP contribution in [0.2, 0.25) is 0 Å². The third kappa shape index (κ3) is 5.92. The Hall–Kier alpha value is -2.74. The van der Waals surface area contributed by atoms with Crippen LogP contribution in [0.1, 0.15) is 57.9 Å². The van der Waals surface area contributed by atoms with E-state index in [0.29, 0.717) is 43.9 Å². The monoisotopic (exact) mass is 486 g/mol. The van der Waals surface area contributed by atoms with Crippen molar-refractivity contribution in [2.45, 2.75) is 57.8 Å². The minimum atomic E-state index is -1.33. The minimum absolute atomic E-state index is 0.0888. The van der Waals surface area contributed by atoms with Crippen LogP contribution in [0.4, 0.5) is 0 Å². The van der Waals surface area contributed by atoms with Crippen LogP contribution in [0.15, 0.2) is 24.3 Å². The van der Waals surface area contributed by atoms with E-state index < -0.39 is 5.41 Å². The Morgan fingerprint density at radius 2 is 1.91 bits per heavy atom. The van der Waals surface area contributed by atoms with Crippen LogP contribution in [0.5, 0.6) is 5.75 Å². The number of ketones is 1. The molecule has 2 fully saturated rings. The van der Waals surface area contributed by atoms with E-state index in [9.17, 15) is 19.2 Å². The van der Waals surface area contributed by atoms with Crippen molar-refractivity contribution in [2.24, 2.45) is 11.8 Å². The van der Waals surface area contributed by atoms with Crippen molar-refractivity contribution in [3.8, 4) is 5.75 Å². The Morgan fingerprint density at radius 1 is 1.17 bits per heavy atom. The quantitative estimate of drug-likeness (QED) is 0.353. The van der Waals surface area contributed by atoms with E-state index in [1.54, 1.807) is 36.3 Å².